The molecule has 1 unspecified atom stereocenters. The number of amides is 1. The highest BCUT2D eigenvalue weighted by Gasteiger charge is 2.36. The third-order valence-electron chi connectivity index (χ3n) is 4.43. The Morgan fingerprint density at radius 3 is 2.59 bits per heavy atom. The quantitative estimate of drug-likeness (QED) is 0.928. The zero-order valence-corrected chi connectivity index (χ0v) is 13.6. The molecular formula is C18H25NO3. The molecule has 0 aliphatic carbocycles. The van der Waals surface area contributed by atoms with Gasteiger partial charge in [0.05, 0.1) is 5.56 Å². The zero-order chi connectivity index (χ0) is 16.3. The Balaban J connectivity index is 2.03. The van der Waals surface area contributed by atoms with Gasteiger partial charge in [-0.2, -0.15) is 0 Å². The summed E-state index contributed by atoms with van der Waals surface area (Å²) in [5.41, 5.74) is 1.12. The molecule has 1 saturated heterocycles. The molecule has 1 fully saturated rings. The Morgan fingerprint density at radius 2 is 1.95 bits per heavy atom. The molecule has 1 N–H and O–H groups in total. The maximum Gasteiger partial charge on any atom is 0.335 e. The first-order chi connectivity index (χ1) is 10.3. The number of carboxylic acids is 1. The van der Waals surface area contributed by atoms with Crippen LogP contribution in [0, 0.1) is 5.41 Å². The Labute approximate surface area is 132 Å². The van der Waals surface area contributed by atoms with Crippen molar-refractivity contribution in [2.24, 2.45) is 5.41 Å². The molecule has 4 heteroatoms. The second-order valence-corrected chi connectivity index (χ2v) is 7.07. The van der Waals surface area contributed by atoms with E-state index in [1.54, 1.807) is 18.2 Å². The van der Waals surface area contributed by atoms with Gasteiger partial charge < -0.3 is 10.0 Å². The Kier molecular flexibility index (Phi) is 4.89. The van der Waals surface area contributed by atoms with Crippen molar-refractivity contribution in [2.75, 3.05) is 6.54 Å². The molecule has 1 atom stereocenters. The van der Waals surface area contributed by atoms with E-state index >= 15 is 0 Å². The number of likely N-dealkylation sites (tertiary alicyclic amines) is 1. The Morgan fingerprint density at radius 1 is 1.27 bits per heavy atom. The molecule has 1 aromatic rings. The fourth-order valence-corrected chi connectivity index (χ4v) is 3.30. The number of rotatable bonds is 4. The van der Waals surface area contributed by atoms with Gasteiger partial charge in [-0.3, -0.25) is 4.79 Å². The molecule has 1 aliphatic heterocycles. The number of hydrogen-bond acceptors (Lipinski definition) is 2. The second-order valence-electron chi connectivity index (χ2n) is 7.07. The largest absolute Gasteiger partial charge is 0.478 e. The van der Waals surface area contributed by atoms with Gasteiger partial charge in [-0.05, 0) is 36.3 Å². The summed E-state index contributed by atoms with van der Waals surface area (Å²) in [4.78, 5) is 25.7. The second kappa shape index (κ2) is 6.51. The van der Waals surface area contributed by atoms with Gasteiger partial charge in [-0.25, -0.2) is 4.79 Å². The standard InChI is InChI=1S/C18H25NO3/c1-18(2,3)15-9-6-12-19(15)16(20)11-10-13-7-4-5-8-14(13)17(21)22/h4-5,7-8,15H,6,9-12H2,1-3H3,(H,21,22). The van der Waals surface area contributed by atoms with E-state index in [9.17, 15) is 14.7 Å². The van der Waals surface area contributed by atoms with Crippen LogP contribution < -0.4 is 0 Å². The van der Waals surface area contributed by atoms with E-state index in [4.69, 9.17) is 0 Å². The number of hydrogen-bond donors (Lipinski definition) is 1. The monoisotopic (exact) mass is 303 g/mol. The van der Waals surface area contributed by atoms with Crippen LogP contribution in [0.4, 0.5) is 0 Å². The van der Waals surface area contributed by atoms with Gasteiger partial charge in [0.1, 0.15) is 0 Å². The predicted octanol–water partition coefficient (Wildman–Crippen LogP) is 3.35. The Bertz CT molecular complexity index is 560. The van der Waals surface area contributed by atoms with Crippen molar-refractivity contribution in [3.05, 3.63) is 35.4 Å². The third kappa shape index (κ3) is 3.67. The molecule has 2 rings (SSSR count). The summed E-state index contributed by atoms with van der Waals surface area (Å²) < 4.78 is 0. The van der Waals surface area contributed by atoms with Crippen molar-refractivity contribution >= 4 is 11.9 Å². The number of aryl methyl sites for hydroxylation is 1. The SMILES string of the molecule is CC(C)(C)C1CCCN1C(=O)CCc1ccccc1C(=O)O. The molecule has 4 nitrogen and oxygen atoms in total. The first kappa shape index (κ1) is 16.5. The van der Waals surface area contributed by atoms with Crippen LogP contribution in [0.2, 0.25) is 0 Å². The van der Waals surface area contributed by atoms with Crippen LogP contribution in [-0.4, -0.2) is 34.5 Å². The molecule has 120 valence electrons. The van der Waals surface area contributed by atoms with Crippen molar-refractivity contribution in [1.29, 1.82) is 0 Å². The number of benzene rings is 1. The van der Waals surface area contributed by atoms with E-state index in [1.165, 1.54) is 0 Å². The first-order valence-corrected chi connectivity index (χ1v) is 7.91. The average molecular weight is 303 g/mol. The number of aromatic carboxylic acids is 1. The summed E-state index contributed by atoms with van der Waals surface area (Å²) in [6, 6.07) is 7.21. The van der Waals surface area contributed by atoms with Gasteiger partial charge in [0.15, 0.2) is 0 Å². The van der Waals surface area contributed by atoms with E-state index in [0.29, 0.717) is 18.4 Å². The molecule has 0 saturated carbocycles. The lowest BCUT2D eigenvalue weighted by atomic mass is 9.85. The van der Waals surface area contributed by atoms with Gasteiger partial charge in [-0.1, -0.05) is 39.0 Å². The number of nitrogens with zero attached hydrogens (tertiary/aromatic N) is 1. The molecule has 1 amide bonds. The van der Waals surface area contributed by atoms with Crippen LogP contribution in [0.5, 0.6) is 0 Å². The van der Waals surface area contributed by atoms with Gasteiger partial charge in [0.2, 0.25) is 5.91 Å². The minimum absolute atomic E-state index is 0.0884. The van der Waals surface area contributed by atoms with Crippen LogP contribution in [0.15, 0.2) is 24.3 Å². The number of carbonyl (C=O) groups excluding carboxylic acids is 1. The average Bonchev–Trinajstić information content (AvgIpc) is 2.94. The first-order valence-electron chi connectivity index (χ1n) is 7.91. The normalized spacial score (nSPS) is 18.5. The highest BCUT2D eigenvalue weighted by Crippen LogP contribution is 2.33. The summed E-state index contributed by atoms with van der Waals surface area (Å²) in [6.07, 6.45) is 2.96. The topological polar surface area (TPSA) is 57.6 Å². The molecule has 0 aromatic heterocycles. The highest BCUT2D eigenvalue weighted by molar-refractivity contribution is 5.89. The van der Waals surface area contributed by atoms with Crippen LogP contribution in [0.3, 0.4) is 0 Å². The molecule has 0 radical (unpaired) electrons. The third-order valence-corrected chi connectivity index (χ3v) is 4.43. The molecule has 0 bridgehead atoms. The van der Waals surface area contributed by atoms with Crippen LogP contribution in [0.1, 0.15) is 56.0 Å². The Hall–Kier alpha value is -1.84. The van der Waals surface area contributed by atoms with E-state index < -0.39 is 5.97 Å². The maximum absolute atomic E-state index is 12.5. The van der Waals surface area contributed by atoms with Crippen LogP contribution in [-0.2, 0) is 11.2 Å². The summed E-state index contributed by atoms with van der Waals surface area (Å²) in [7, 11) is 0. The minimum Gasteiger partial charge on any atom is -0.478 e. The van der Waals surface area contributed by atoms with Crippen molar-refractivity contribution in [1.82, 2.24) is 4.90 Å². The van der Waals surface area contributed by atoms with E-state index in [0.717, 1.165) is 24.9 Å². The summed E-state index contributed by atoms with van der Waals surface area (Å²) in [5.74, 6) is -0.797. The van der Waals surface area contributed by atoms with Gasteiger partial charge in [-0.15, -0.1) is 0 Å². The lowest BCUT2D eigenvalue weighted by Gasteiger charge is -2.35. The molecule has 1 aliphatic rings. The molecule has 1 aromatic carbocycles. The summed E-state index contributed by atoms with van der Waals surface area (Å²) in [5, 5.41) is 9.20. The fourth-order valence-electron chi connectivity index (χ4n) is 3.30. The number of carboxylic acid groups (broad SMARTS) is 1. The van der Waals surface area contributed by atoms with Gasteiger partial charge in [0.25, 0.3) is 0 Å². The predicted molar refractivity (Wildman–Crippen MR) is 85.9 cm³/mol. The lowest BCUT2D eigenvalue weighted by molar-refractivity contribution is -0.133. The van der Waals surface area contributed by atoms with Crippen molar-refractivity contribution in [3.63, 3.8) is 0 Å². The van der Waals surface area contributed by atoms with Crippen molar-refractivity contribution in [2.45, 2.75) is 52.5 Å². The fraction of sp³-hybridized carbons (Fsp3) is 0.556. The molecule has 22 heavy (non-hydrogen) atoms. The van der Waals surface area contributed by atoms with Crippen LogP contribution in [0.25, 0.3) is 0 Å². The van der Waals surface area contributed by atoms with Crippen molar-refractivity contribution < 1.29 is 14.7 Å². The van der Waals surface area contributed by atoms with E-state index in [2.05, 4.69) is 20.8 Å². The minimum atomic E-state index is -0.934. The number of carbonyl (C=O) groups is 2. The van der Waals surface area contributed by atoms with Gasteiger partial charge in [0, 0.05) is 19.0 Å². The molecular weight excluding hydrogens is 278 g/mol. The highest BCUT2D eigenvalue weighted by atomic mass is 16.4. The van der Waals surface area contributed by atoms with Gasteiger partial charge >= 0.3 is 5.97 Å². The molecule has 1 heterocycles. The smallest absolute Gasteiger partial charge is 0.335 e. The lowest BCUT2D eigenvalue weighted by Crippen LogP contribution is -2.43. The van der Waals surface area contributed by atoms with E-state index in [1.807, 2.05) is 11.0 Å². The van der Waals surface area contributed by atoms with Crippen LogP contribution >= 0.6 is 0 Å². The summed E-state index contributed by atoms with van der Waals surface area (Å²) >= 11 is 0. The van der Waals surface area contributed by atoms with Crippen molar-refractivity contribution in [3.8, 4) is 0 Å². The zero-order valence-electron chi connectivity index (χ0n) is 13.6. The van der Waals surface area contributed by atoms with E-state index in [-0.39, 0.29) is 17.4 Å². The maximum atomic E-state index is 12.5. The molecule has 0 spiro atoms. The summed E-state index contributed by atoms with van der Waals surface area (Å²) in [6.45, 7) is 7.33.